The van der Waals surface area contributed by atoms with Gasteiger partial charge >= 0.3 is 0 Å². The van der Waals surface area contributed by atoms with Gasteiger partial charge in [0.2, 0.25) is 0 Å². The van der Waals surface area contributed by atoms with Gasteiger partial charge in [-0.2, -0.15) is 8.42 Å². The quantitative estimate of drug-likeness (QED) is 0.509. The first kappa shape index (κ1) is 17.4. The van der Waals surface area contributed by atoms with Gasteiger partial charge in [-0.05, 0) is 13.1 Å². The van der Waals surface area contributed by atoms with Gasteiger partial charge in [0.1, 0.15) is 0 Å². The van der Waals surface area contributed by atoms with Crippen LogP contribution in [0.3, 0.4) is 0 Å². The van der Waals surface area contributed by atoms with Crippen LogP contribution in [0.25, 0.3) is 0 Å². The third-order valence-corrected chi connectivity index (χ3v) is 3.65. The van der Waals surface area contributed by atoms with Crippen LogP contribution in [-0.2, 0) is 10.1 Å². The number of hydrogen-bond donors (Lipinski definition) is 1. The van der Waals surface area contributed by atoms with E-state index >= 15 is 0 Å². The van der Waals surface area contributed by atoms with Crippen LogP contribution in [0.2, 0.25) is 0 Å². The van der Waals surface area contributed by atoms with Crippen LogP contribution in [0.4, 0.5) is 0 Å². The normalized spacial score (nSPS) is 13.2. The van der Waals surface area contributed by atoms with Crippen molar-refractivity contribution in [2.45, 2.75) is 19.8 Å². The van der Waals surface area contributed by atoms with Gasteiger partial charge < -0.3 is 9.38 Å². The zero-order valence-corrected chi connectivity index (χ0v) is 12.8. The van der Waals surface area contributed by atoms with Crippen LogP contribution in [0, 0.1) is 0 Å². The molecule has 5 nitrogen and oxygen atoms in total. The smallest absolute Gasteiger partial charge is 0.265 e. The molecule has 18 heavy (non-hydrogen) atoms. The van der Waals surface area contributed by atoms with Crippen LogP contribution >= 0.6 is 0 Å². The maximum atomic E-state index is 10.6. The van der Waals surface area contributed by atoms with Gasteiger partial charge in [0.15, 0.2) is 0 Å². The van der Waals surface area contributed by atoms with Crippen LogP contribution in [0.1, 0.15) is 19.8 Å². The topological polar surface area (TPSA) is 57.6 Å². The minimum atomic E-state index is -3.82. The highest BCUT2D eigenvalue weighted by atomic mass is 32.2. The third kappa shape index (κ3) is 10.6. The summed E-state index contributed by atoms with van der Waals surface area (Å²) < 4.78 is 30.7. The molecule has 0 aromatic rings. The van der Waals surface area contributed by atoms with Gasteiger partial charge in [-0.15, -0.1) is 0 Å². The number of hydrogen-bond acceptors (Lipinski definition) is 3. The number of allylic oxidation sites excluding steroid dienone is 1. The largest absolute Gasteiger partial charge is 0.380 e. The molecule has 0 atom stereocenters. The standard InChI is InChI=1S/C12H26N2O3S/c1-5-8-13(2)9-6-10-14(3,4)11-7-12-18(15,16)17/h5,8H,6-7,9-12H2,1-4H3/p+1. The van der Waals surface area contributed by atoms with Crippen LogP contribution < -0.4 is 0 Å². The van der Waals surface area contributed by atoms with E-state index in [4.69, 9.17) is 4.55 Å². The van der Waals surface area contributed by atoms with Crippen molar-refractivity contribution in [1.82, 2.24) is 4.90 Å². The molecule has 0 fully saturated rings. The van der Waals surface area contributed by atoms with Crippen LogP contribution in [-0.4, -0.2) is 68.9 Å². The van der Waals surface area contributed by atoms with Crippen LogP contribution in [0.5, 0.6) is 0 Å². The molecule has 108 valence electrons. The second-order valence-corrected chi connectivity index (χ2v) is 6.91. The van der Waals surface area contributed by atoms with E-state index in [0.717, 1.165) is 30.5 Å². The van der Waals surface area contributed by atoms with Crippen molar-refractivity contribution in [3.8, 4) is 0 Å². The van der Waals surface area contributed by atoms with Crippen molar-refractivity contribution in [2.24, 2.45) is 0 Å². The highest BCUT2D eigenvalue weighted by Gasteiger charge is 2.16. The Kier molecular flexibility index (Phi) is 7.51. The monoisotopic (exact) mass is 279 g/mol. The molecule has 0 unspecified atom stereocenters. The Hall–Kier alpha value is -0.590. The zero-order chi connectivity index (χ0) is 14.2. The summed E-state index contributed by atoms with van der Waals surface area (Å²) >= 11 is 0. The summed E-state index contributed by atoms with van der Waals surface area (Å²) in [6.45, 7) is 4.73. The molecule has 0 saturated carbocycles. The van der Waals surface area contributed by atoms with E-state index < -0.39 is 10.1 Å². The maximum Gasteiger partial charge on any atom is 0.265 e. The summed E-state index contributed by atoms with van der Waals surface area (Å²) in [5, 5.41) is 0. The summed E-state index contributed by atoms with van der Waals surface area (Å²) in [6, 6.07) is 0. The second-order valence-electron chi connectivity index (χ2n) is 5.34. The number of rotatable bonds is 9. The Bertz CT molecular complexity index is 350. The van der Waals surface area contributed by atoms with Gasteiger partial charge in [0, 0.05) is 26.4 Å². The molecule has 0 aliphatic carbocycles. The van der Waals surface area contributed by atoms with E-state index in [0.29, 0.717) is 6.42 Å². The van der Waals surface area contributed by atoms with Gasteiger partial charge in [0.05, 0.1) is 32.9 Å². The summed E-state index contributed by atoms with van der Waals surface area (Å²) in [5.41, 5.74) is 0. The molecule has 0 bridgehead atoms. The summed E-state index contributed by atoms with van der Waals surface area (Å²) in [4.78, 5) is 2.14. The lowest BCUT2D eigenvalue weighted by molar-refractivity contribution is -0.890. The van der Waals surface area contributed by atoms with Crippen molar-refractivity contribution in [3.05, 3.63) is 12.3 Å². The van der Waals surface area contributed by atoms with E-state index in [9.17, 15) is 8.42 Å². The minimum absolute atomic E-state index is 0.146. The van der Waals surface area contributed by atoms with Crippen LogP contribution in [0.15, 0.2) is 12.3 Å². The Morgan fingerprint density at radius 3 is 2.28 bits per heavy atom. The summed E-state index contributed by atoms with van der Waals surface area (Å²) in [7, 11) is 2.39. The minimum Gasteiger partial charge on any atom is -0.380 e. The lowest BCUT2D eigenvalue weighted by Gasteiger charge is -2.30. The molecule has 0 saturated heterocycles. The lowest BCUT2D eigenvalue weighted by atomic mass is 10.3. The van der Waals surface area contributed by atoms with E-state index in [1.807, 2.05) is 26.2 Å². The van der Waals surface area contributed by atoms with Gasteiger partial charge in [0.25, 0.3) is 10.1 Å². The highest BCUT2D eigenvalue weighted by Crippen LogP contribution is 2.03. The highest BCUT2D eigenvalue weighted by molar-refractivity contribution is 7.85. The van der Waals surface area contributed by atoms with Crippen molar-refractivity contribution in [2.75, 3.05) is 46.5 Å². The molecule has 0 rings (SSSR count). The fourth-order valence-corrected chi connectivity index (χ4v) is 2.36. The number of nitrogens with zero attached hydrogens (tertiary/aromatic N) is 2. The summed E-state index contributed by atoms with van der Waals surface area (Å²) in [6.07, 6.45) is 5.60. The molecule has 0 aromatic heterocycles. The van der Waals surface area contributed by atoms with Gasteiger partial charge in [-0.1, -0.05) is 6.08 Å². The maximum absolute atomic E-state index is 10.6. The molecule has 0 aliphatic rings. The molecular formula is C12H27N2O3S+. The number of quaternary nitrogens is 1. The first-order valence-corrected chi connectivity index (χ1v) is 7.87. The SMILES string of the molecule is CC=CN(C)CCC[N+](C)(C)CCCS(=O)(=O)O. The predicted molar refractivity (Wildman–Crippen MR) is 74.9 cm³/mol. The predicted octanol–water partition coefficient (Wildman–Crippen LogP) is 1.20. The van der Waals surface area contributed by atoms with Crippen molar-refractivity contribution in [1.29, 1.82) is 0 Å². The van der Waals surface area contributed by atoms with Crippen molar-refractivity contribution >= 4 is 10.1 Å². The first-order chi connectivity index (χ1) is 8.16. The molecule has 1 N–H and O–H groups in total. The zero-order valence-electron chi connectivity index (χ0n) is 12.0. The summed E-state index contributed by atoms with van der Waals surface area (Å²) in [5.74, 6) is -0.146. The molecule has 0 spiro atoms. The van der Waals surface area contributed by atoms with E-state index in [-0.39, 0.29) is 5.75 Å². The van der Waals surface area contributed by atoms with E-state index in [2.05, 4.69) is 19.0 Å². The Balaban J connectivity index is 3.86. The average molecular weight is 279 g/mol. The third-order valence-electron chi connectivity index (χ3n) is 2.84. The van der Waals surface area contributed by atoms with Crippen molar-refractivity contribution in [3.63, 3.8) is 0 Å². The molecule has 6 heteroatoms. The van der Waals surface area contributed by atoms with Gasteiger partial charge in [-0.3, -0.25) is 4.55 Å². The average Bonchev–Trinajstić information content (AvgIpc) is 2.14. The second kappa shape index (κ2) is 7.76. The molecule has 0 amide bonds. The Morgan fingerprint density at radius 1 is 1.22 bits per heavy atom. The van der Waals surface area contributed by atoms with Gasteiger partial charge in [-0.25, -0.2) is 0 Å². The molecule has 0 aromatic carbocycles. The first-order valence-electron chi connectivity index (χ1n) is 6.26. The Labute approximate surface area is 111 Å². The molecule has 0 heterocycles. The van der Waals surface area contributed by atoms with Crippen molar-refractivity contribution < 1.29 is 17.5 Å². The Morgan fingerprint density at radius 2 is 1.78 bits per heavy atom. The molecule has 0 radical (unpaired) electrons. The molecular weight excluding hydrogens is 252 g/mol. The fourth-order valence-electron chi connectivity index (χ4n) is 1.86. The van der Waals surface area contributed by atoms with E-state index in [1.165, 1.54) is 0 Å². The van der Waals surface area contributed by atoms with E-state index in [1.54, 1.807) is 0 Å². The lowest BCUT2D eigenvalue weighted by Crippen LogP contribution is -2.42. The fraction of sp³-hybridized carbons (Fsp3) is 0.833. The molecule has 0 aliphatic heterocycles.